The van der Waals surface area contributed by atoms with Crippen LogP contribution in [0.15, 0.2) is 36.4 Å². The zero-order valence-electron chi connectivity index (χ0n) is 13.9. The lowest BCUT2D eigenvalue weighted by Gasteiger charge is -2.24. The largest absolute Gasteiger partial charge is 0.0914 e. The summed E-state index contributed by atoms with van der Waals surface area (Å²) in [5.41, 5.74) is 2.95. The summed E-state index contributed by atoms with van der Waals surface area (Å²) in [6.07, 6.45) is 12.3. The molecule has 0 heteroatoms. The Kier molecular flexibility index (Phi) is 8.34. The average molecular weight is 272 g/mol. The van der Waals surface area contributed by atoms with E-state index in [1.807, 2.05) is 0 Å². The molecule has 1 aromatic rings. The van der Waals surface area contributed by atoms with Crippen molar-refractivity contribution in [1.29, 1.82) is 0 Å². The Bertz CT molecular complexity index is 372. The lowest BCUT2D eigenvalue weighted by atomic mass is 9.81. The van der Waals surface area contributed by atoms with Gasteiger partial charge in [0.1, 0.15) is 0 Å². The van der Waals surface area contributed by atoms with Gasteiger partial charge in [-0.05, 0) is 55.6 Å². The molecule has 0 spiro atoms. The predicted octanol–water partition coefficient (Wildman–Crippen LogP) is 6.20. The van der Waals surface area contributed by atoms with E-state index in [0.717, 1.165) is 18.3 Å². The summed E-state index contributed by atoms with van der Waals surface area (Å²) in [5, 5.41) is 0. The second kappa shape index (κ2) is 9.80. The summed E-state index contributed by atoms with van der Waals surface area (Å²) in [7, 11) is 0. The number of aryl methyl sites for hydroxylation is 1. The van der Waals surface area contributed by atoms with Crippen molar-refractivity contribution in [2.24, 2.45) is 11.8 Å². The number of allylic oxidation sites excluding steroid dienone is 2. The number of benzene rings is 1. The Labute approximate surface area is 126 Å². The molecule has 0 N–H and O–H groups in total. The molecule has 1 rings (SSSR count). The second-order valence-electron chi connectivity index (χ2n) is 5.90. The molecule has 20 heavy (non-hydrogen) atoms. The first-order valence-electron chi connectivity index (χ1n) is 8.45. The number of hydrogen-bond donors (Lipinski definition) is 0. The second-order valence-corrected chi connectivity index (χ2v) is 5.90. The standard InChI is InChI=1S/C20H32/c1-5-9-19(10-6-2)20(11-7-3)16-18-14-12-17(8-4)13-15-18/h5,9,12-15,19-20H,6-8,10-11,16H2,1-4H3/b9-5+/t19-,20?/m1/s1. The van der Waals surface area contributed by atoms with E-state index in [4.69, 9.17) is 0 Å². The lowest BCUT2D eigenvalue weighted by molar-refractivity contribution is 0.343. The van der Waals surface area contributed by atoms with E-state index >= 15 is 0 Å². The van der Waals surface area contributed by atoms with Gasteiger partial charge in [0.05, 0.1) is 0 Å². The van der Waals surface area contributed by atoms with Gasteiger partial charge in [-0.1, -0.05) is 70.0 Å². The molecule has 0 aliphatic carbocycles. The van der Waals surface area contributed by atoms with Crippen molar-refractivity contribution in [3.05, 3.63) is 47.5 Å². The van der Waals surface area contributed by atoms with Crippen molar-refractivity contribution in [3.8, 4) is 0 Å². The maximum Gasteiger partial charge on any atom is -0.0202 e. The van der Waals surface area contributed by atoms with Crippen LogP contribution in [0.4, 0.5) is 0 Å². The van der Waals surface area contributed by atoms with Crippen LogP contribution in [-0.2, 0) is 12.8 Å². The molecule has 1 aromatic carbocycles. The highest BCUT2D eigenvalue weighted by Crippen LogP contribution is 2.27. The van der Waals surface area contributed by atoms with E-state index in [2.05, 4.69) is 64.1 Å². The van der Waals surface area contributed by atoms with Gasteiger partial charge in [0.15, 0.2) is 0 Å². The molecule has 1 unspecified atom stereocenters. The van der Waals surface area contributed by atoms with Gasteiger partial charge < -0.3 is 0 Å². The Morgan fingerprint density at radius 3 is 2.00 bits per heavy atom. The van der Waals surface area contributed by atoms with Crippen LogP contribution >= 0.6 is 0 Å². The zero-order chi connectivity index (χ0) is 14.8. The van der Waals surface area contributed by atoms with Crippen LogP contribution < -0.4 is 0 Å². The van der Waals surface area contributed by atoms with E-state index in [1.165, 1.54) is 43.2 Å². The smallest absolute Gasteiger partial charge is 0.0202 e. The van der Waals surface area contributed by atoms with Crippen LogP contribution in [0, 0.1) is 11.8 Å². The van der Waals surface area contributed by atoms with E-state index < -0.39 is 0 Å². The molecule has 0 heterocycles. The first-order valence-corrected chi connectivity index (χ1v) is 8.45. The monoisotopic (exact) mass is 272 g/mol. The number of rotatable bonds is 9. The van der Waals surface area contributed by atoms with Crippen molar-refractivity contribution in [2.45, 2.75) is 66.2 Å². The first kappa shape index (κ1) is 17.0. The van der Waals surface area contributed by atoms with E-state index in [0.29, 0.717) is 0 Å². The SMILES string of the molecule is C/C=C/[C@H](CCC)C(CCC)Cc1ccc(CC)cc1. The zero-order valence-corrected chi connectivity index (χ0v) is 13.9. The van der Waals surface area contributed by atoms with Crippen LogP contribution in [0.3, 0.4) is 0 Å². The third-order valence-electron chi connectivity index (χ3n) is 4.26. The van der Waals surface area contributed by atoms with Gasteiger partial charge in [0.2, 0.25) is 0 Å². The topological polar surface area (TPSA) is 0 Å². The van der Waals surface area contributed by atoms with Crippen LogP contribution in [0.25, 0.3) is 0 Å². The molecule has 112 valence electrons. The predicted molar refractivity (Wildman–Crippen MR) is 91.1 cm³/mol. The molecule has 0 amide bonds. The Morgan fingerprint density at radius 2 is 1.50 bits per heavy atom. The van der Waals surface area contributed by atoms with Gasteiger partial charge >= 0.3 is 0 Å². The molecule has 2 atom stereocenters. The minimum absolute atomic E-state index is 0.746. The van der Waals surface area contributed by atoms with Crippen molar-refractivity contribution in [3.63, 3.8) is 0 Å². The summed E-state index contributed by atoms with van der Waals surface area (Å²) >= 11 is 0. The fourth-order valence-corrected chi connectivity index (χ4v) is 3.12. The van der Waals surface area contributed by atoms with Gasteiger partial charge in [0.25, 0.3) is 0 Å². The molecule has 0 radical (unpaired) electrons. The van der Waals surface area contributed by atoms with Crippen LogP contribution in [0.5, 0.6) is 0 Å². The molecule has 0 bridgehead atoms. The van der Waals surface area contributed by atoms with Gasteiger partial charge in [-0.15, -0.1) is 0 Å². The van der Waals surface area contributed by atoms with Crippen LogP contribution in [0.2, 0.25) is 0 Å². The normalized spacial score (nSPS) is 14.6. The third-order valence-corrected chi connectivity index (χ3v) is 4.26. The quantitative estimate of drug-likeness (QED) is 0.469. The van der Waals surface area contributed by atoms with Gasteiger partial charge in [-0.25, -0.2) is 0 Å². The lowest BCUT2D eigenvalue weighted by Crippen LogP contribution is -2.15. The van der Waals surface area contributed by atoms with Crippen molar-refractivity contribution in [2.75, 3.05) is 0 Å². The van der Waals surface area contributed by atoms with E-state index in [1.54, 1.807) is 0 Å². The molecule has 0 saturated heterocycles. The Hall–Kier alpha value is -1.04. The average Bonchev–Trinajstić information content (AvgIpc) is 2.47. The highest BCUT2D eigenvalue weighted by Gasteiger charge is 2.18. The Morgan fingerprint density at radius 1 is 0.900 bits per heavy atom. The molecule has 0 saturated carbocycles. The van der Waals surface area contributed by atoms with Crippen molar-refractivity contribution < 1.29 is 0 Å². The molecule has 0 fully saturated rings. The summed E-state index contributed by atoms with van der Waals surface area (Å²) in [6.45, 7) is 8.99. The van der Waals surface area contributed by atoms with E-state index in [-0.39, 0.29) is 0 Å². The van der Waals surface area contributed by atoms with Gasteiger partial charge in [-0.3, -0.25) is 0 Å². The molecular weight excluding hydrogens is 240 g/mol. The highest BCUT2D eigenvalue weighted by molar-refractivity contribution is 5.23. The van der Waals surface area contributed by atoms with E-state index in [9.17, 15) is 0 Å². The fourth-order valence-electron chi connectivity index (χ4n) is 3.12. The van der Waals surface area contributed by atoms with Crippen molar-refractivity contribution in [1.82, 2.24) is 0 Å². The fraction of sp³-hybridized carbons (Fsp3) is 0.600. The maximum absolute atomic E-state index is 2.43. The minimum atomic E-state index is 0.746. The molecule has 0 aliphatic heterocycles. The summed E-state index contributed by atoms with van der Waals surface area (Å²) in [6, 6.07) is 9.26. The molecular formula is C20H32. The van der Waals surface area contributed by atoms with Crippen LogP contribution in [0.1, 0.15) is 64.5 Å². The summed E-state index contributed by atoms with van der Waals surface area (Å²) < 4.78 is 0. The Balaban J connectivity index is 2.77. The number of hydrogen-bond acceptors (Lipinski definition) is 0. The molecule has 0 aliphatic rings. The summed E-state index contributed by atoms with van der Waals surface area (Å²) in [4.78, 5) is 0. The van der Waals surface area contributed by atoms with Gasteiger partial charge in [0, 0.05) is 0 Å². The molecule has 0 nitrogen and oxygen atoms in total. The minimum Gasteiger partial charge on any atom is -0.0914 e. The summed E-state index contributed by atoms with van der Waals surface area (Å²) in [5.74, 6) is 1.54. The first-order chi connectivity index (χ1) is 9.74. The molecule has 0 aromatic heterocycles. The van der Waals surface area contributed by atoms with Crippen molar-refractivity contribution >= 4 is 0 Å². The van der Waals surface area contributed by atoms with Gasteiger partial charge in [-0.2, -0.15) is 0 Å². The maximum atomic E-state index is 2.43. The van der Waals surface area contributed by atoms with Crippen LogP contribution in [-0.4, -0.2) is 0 Å². The highest BCUT2D eigenvalue weighted by atomic mass is 14.2. The third kappa shape index (κ3) is 5.53.